The summed E-state index contributed by atoms with van der Waals surface area (Å²) >= 11 is 6.06. The van der Waals surface area contributed by atoms with Crippen LogP contribution in [0.4, 0.5) is 5.82 Å². The van der Waals surface area contributed by atoms with Crippen LogP contribution < -0.4 is 5.43 Å². The van der Waals surface area contributed by atoms with E-state index in [4.69, 9.17) is 11.6 Å². The van der Waals surface area contributed by atoms with Crippen LogP contribution in [0.1, 0.15) is 11.1 Å². The third-order valence-corrected chi connectivity index (χ3v) is 3.23. The van der Waals surface area contributed by atoms with E-state index < -0.39 is 0 Å². The van der Waals surface area contributed by atoms with Crippen molar-refractivity contribution in [1.82, 2.24) is 19.7 Å². The zero-order chi connectivity index (χ0) is 15.4. The number of aromatic nitrogens is 4. The van der Waals surface area contributed by atoms with Gasteiger partial charge in [-0.05, 0) is 18.6 Å². The second kappa shape index (κ2) is 6.36. The minimum Gasteiger partial charge on any atom is -0.261 e. The van der Waals surface area contributed by atoms with E-state index in [0.717, 1.165) is 11.1 Å². The van der Waals surface area contributed by atoms with E-state index >= 15 is 0 Å². The van der Waals surface area contributed by atoms with Crippen molar-refractivity contribution < 1.29 is 0 Å². The number of rotatable bonds is 4. The minimum atomic E-state index is 0.571. The number of nitrogens with one attached hydrogen (secondary N) is 1. The van der Waals surface area contributed by atoms with E-state index in [9.17, 15) is 0 Å². The van der Waals surface area contributed by atoms with Gasteiger partial charge in [0.1, 0.15) is 6.33 Å². The summed E-state index contributed by atoms with van der Waals surface area (Å²) < 4.78 is 1.68. The fourth-order valence-electron chi connectivity index (χ4n) is 1.82. The maximum atomic E-state index is 6.06. The third-order valence-electron chi connectivity index (χ3n) is 2.89. The largest absolute Gasteiger partial charge is 0.261 e. The predicted molar refractivity (Wildman–Crippen MR) is 86.6 cm³/mol. The van der Waals surface area contributed by atoms with E-state index in [2.05, 4.69) is 25.6 Å². The molecule has 22 heavy (non-hydrogen) atoms. The zero-order valence-corrected chi connectivity index (χ0v) is 12.6. The molecule has 0 atom stereocenters. The third kappa shape index (κ3) is 3.29. The van der Waals surface area contributed by atoms with Crippen LogP contribution in [0.5, 0.6) is 0 Å². The smallest absolute Gasteiger partial charge is 0.158 e. The molecule has 3 rings (SSSR count). The first-order valence-corrected chi connectivity index (χ1v) is 6.97. The minimum absolute atomic E-state index is 0.571. The Morgan fingerprint density at radius 2 is 2.14 bits per heavy atom. The van der Waals surface area contributed by atoms with Crippen molar-refractivity contribution in [1.29, 1.82) is 0 Å². The highest BCUT2D eigenvalue weighted by Gasteiger charge is 2.02. The van der Waals surface area contributed by atoms with Crippen molar-refractivity contribution in [2.24, 2.45) is 5.10 Å². The van der Waals surface area contributed by atoms with Crippen LogP contribution in [0.3, 0.4) is 0 Å². The lowest BCUT2D eigenvalue weighted by atomic mass is 10.2. The summed E-state index contributed by atoms with van der Waals surface area (Å²) in [4.78, 5) is 8.29. The molecule has 6 nitrogen and oxygen atoms in total. The summed E-state index contributed by atoms with van der Waals surface area (Å²) in [6.45, 7) is 1.97. The van der Waals surface area contributed by atoms with Crippen LogP contribution in [-0.2, 0) is 0 Å². The molecule has 1 aromatic carbocycles. The number of hydrazone groups is 1. The molecular formula is C15H13ClN6. The van der Waals surface area contributed by atoms with Crippen molar-refractivity contribution in [3.05, 3.63) is 65.2 Å². The zero-order valence-electron chi connectivity index (χ0n) is 11.8. The molecule has 1 N–H and O–H groups in total. The second-order valence-corrected chi connectivity index (χ2v) is 5.02. The number of nitrogens with zero attached hydrogens (tertiary/aromatic N) is 5. The molecule has 0 bridgehead atoms. The number of aryl methyl sites for hydroxylation is 1. The second-order valence-electron chi connectivity index (χ2n) is 4.62. The van der Waals surface area contributed by atoms with E-state index in [0.29, 0.717) is 16.7 Å². The van der Waals surface area contributed by atoms with Gasteiger partial charge in [-0.15, -0.1) is 0 Å². The fourth-order valence-corrected chi connectivity index (χ4v) is 2.00. The Kier molecular flexibility index (Phi) is 4.11. The van der Waals surface area contributed by atoms with Gasteiger partial charge in [0.2, 0.25) is 0 Å². The number of hydrogen-bond acceptors (Lipinski definition) is 5. The normalized spacial score (nSPS) is 11.0. The van der Waals surface area contributed by atoms with Crippen LogP contribution in [0.15, 0.2) is 54.2 Å². The summed E-state index contributed by atoms with van der Waals surface area (Å²) in [5.74, 6) is 1.24. The van der Waals surface area contributed by atoms with Crippen molar-refractivity contribution in [2.75, 3.05) is 5.43 Å². The van der Waals surface area contributed by atoms with Crippen LogP contribution >= 0.6 is 11.6 Å². The monoisotopic (exact) mass is 312 g/mol. The highest BCUT2D eigenvalue weighted by atomic mass is 35.5. The maximum Gasteiger partial charge on any atom is 0.158 e. The first kappa shape index (κ1) is 14.2. The first-order valence-electron chi connectivity index (χ1n) is 6.60. The van der Waals surface area contributed by atoms with Gasteiger partial charge in [0.15, 0.2) is 11.6 Å². The van der Waals surface area contributed by atoms with Crippen molar-refractivity contribution in [2.45, 2.75) is 6.92 Å². The Morgan fingerprint density at radius 3 is 2.91 bits per heavy atom. The summed E-state index contributed by atoms with van der Waals surface area (Å²) in [6.07, 6.45) is 6.76. The molecule has 0 unspecified atom stereocenters. The first-order chi connectivity index (χ1) is 10.7. The lowest BCUT2D eigenvalue weighted by molar-refractivity contribution is 0.839. The molecule has 0 radical (unpaired) electrons. The summed E-state index contributed by atoms with van der Waals surface area (Å²) in [7, 11) is 0. The van der Waals surface area contributed by atoms with Gasteiger partial charge in [0.25, 0.3) is 0 Å². The number of anilines is 1. The van der Waals surface area contributed by atoms with Gasteiger partial charge in [0, 0.05) is 22.8 Å². The average molecular weight is 313 g/mol. The average Bonchev–Trinajstić information content (AvgIpc) is 2.96. The van der Waals surface area contributed by atoms with Crippen molar-refractivity contribution in [3.63, 3.8) is 0 Å². The maximum absolute atomic E-state index is 6.06. The van der Waals surface area contributed by atoms with Crippen molar-refractivity contribution >= 4 is 23.6 Å². The van der Waals surface area contributed by atoms with Gasteiger partial charge < -0.3 is 0 Å². The van der Waals surface area contributed by atoms with Gasteiger partial charge in [0.05, 0.1) is 12.4 Å². The highest BCUT2D eigenvalue weighted by molar-refractivity contribution is 6.33. The number of halogens is 1. The lowest BCUT2D eigenvalue weighted by Crippen LogP contribution is -2.01. The fraction of sp³-hybridized carbons (Fsp3) is 0.0667. The molecule has 2 heterocycles. The van der Waals surface area contributed by atoms with E-state index in [1.807, 2.05) is 37.4 Å². The van der Waals surface area contributed by atoms with Crippen LogP contribution in [0.2, 0.25) is 5.02 Å². The standard InChI is InChI=1S/C15H13ClN6/c1-11-7-20-22(9-11)15-6-14(17-10-18-15)21-19-8-12-4-2-3-5-13(12)16/h2-10H,1H3,(H,17,18,21). The SMILES string of the molecule is Cc1cnn(-c2cc(NN=Cc3ccccc3Cl)ncn2)c1. The molecule has 0 aliphatic rings. The molecular weight excluding hydrogens is 300 g/mol. The molecule has 2 aromatic heterocycles. The Hall–Kier alpha value is -2.73. The van der Waals surface area contributed by atoms with Crippen LogP contribution in [0.25, 0.3) is 5.82 Å². The molecule has 0 spiro atoms. The molecule has 110 valence electrons. The van der Waals surface area contributed by atoms with Gasteiger partial charge in [-0.1, -0.05) is 29.8 Å². The molecule has 0 aliphatic carbocycles. The van der Waals surface area contributed by atoms with E-state index in [-0.39, 0.29) is 0 Å². The van der Waals surface area contributed by atoms with E-state index in [1.165, 1.54) is 6.33 Å². The van der Waals surface area contributed by atoms with Gasteiger partial charge in [-0.3, -0.25) is 5.43 Å². The van der Waals surface area contributed by atoms with Gasteiger partial charge in [-0.2, -0.15) is 10.2 Å². The molecule has 3 aromatic rings. The van der Waals surface area contributed by atoms with Crippen molar-refractivity contribution in [3.8, 4) is 5.82 Å². The summed E-state index contributed by atoms with van der Waals surface area (Å²) in [6, 6.07) is 9.22. The molecule has 0 amide bonds. The molecule has 0 saturated carbocycles. The Bertz CT molecular complexity index is 811. The summed E-state index contributed by atoms with van der Waals surface area (Å²) in [5.41, 5.74) is 4.74. The summed E-state index contributed by atoms with van der Waals surface area (Å²) in [5, 5.41) is 8.98. The van der Waals surface area contributed by atoms with Crippen LogP contribution in [-0.4, -0.2) is 26.0 Å². The molecule has 0 fully saturated rings. The topological polar surface area (TPSA) is 68.0 Å². The molecule has 0 saturated heterocycles. The lowest BCUT2D eigenvalue weighted by Gasteiger charge is -2.03. The van der Waals surface area contributed by atoms with Gasteiger partial charge >= 0.3 is 0 Å². The Balaban J connectivity index is 1.75. The predicted octanol–water partition coefficient (Wildman–Crippen LogP) is 3.07. The number of hydrogen-bond donors (Lipinski definition) is 1. The Labute approximate surface area is 132 Å². The molecule has 0 aliphatic heterocycles. The molecule has 7 heteroatoms. The van der Waals surface area contributed by atoms with Gasteiger partial charge in [-0.25, -0.2) is 14.6 Å². The Morgan fingerprint density at radius 1 is 1.27 bits per heavy atom. The quantitative estimate of drug-likeness (QED) is 0.594. The van der Waals surface area contributed by atoms with Crippen LogP contribution in [0, 0.1) is 6.92 Å². The highest BCUT2D eigenvalue weighted by Crippen LogP contribution is 2.13. The van der Waals surface area contributed by atoms with E-state index in [1.54, 1.807) is 23.2 Å². The number of benzene rings is 1.